The first kappa shape index (κ1) is 31.9. The summed E-state index contributed by atoms with van der Waals surface area (Å²) in [6.07, 6.45) is 12.3. The van der Waals surface area contributed by atoms with Crippen LogP contribution in [0.3, 0.4) is 0 Å². The van der Waals surface area contributed by atoms with Gasteiger partial charge < -0.3 is 35.3 Å². The van der Waals surface area contributed by atoms with E-state index in [0.717, 1.165) is 50.1 Å². The molecule has 5 saturated carbocycles. The molecule has 14 nitrogen and oxygen atoms in total. The zero-order chi connectivity index (χ0) is 34.1. The van der Waals surface area contributed by atoms with E-state index in [1.807, 2.05) is 13.0 Å². The van der Waals surface area contributed by atoms with Crippen molar-refractivity contribution in [2.75, 3.05) is 36.9 Å². The molecule has 1 saturated heterocycles. The Balaban J connectivity index is 1.13. The number of aromatic hydroxyl groups is 1. The van der Waals surface area contributed by atoms with Crippen LogP contribution in [0.5, 0.6) is 5.75 Å². The SMILES string of the molecule is CCc1c(N2CCN(C(=O)c3ncnc(C)c3O)[C@H]3CCC[C@@H]32)c(=O)c(N=NC2=CCOCC2)c(N)n1CC(=O)NC12CC(C3CC3)(C1)C2. The summed E-state index contributed by atoms with van der Waals surface area (Å²) in [4.78, 5) is 54.0. The van der Waals surface area contributed by atoms with Crippen LogP contribution in [0.4, 0.5) is 17.2 Å². The lowest BCUT2D eigenvalue weighted by atomic mass is 9.37. The molecule has 0 spiro atoms. The van der Waals surface area contributed by atoms with Gasteiger partial charge in [-0.2, -0.15) is 5.11 Å². The molecule has 7 aliphatic rings. The van der Waals surface area contributed by atoms with Crippen molar-refractivity contribution in [1.82, 2.24) is 24.8 Å². The Kier molecular flexibility index (Phi) is 7.76. The summed E-state index contributed by atoms with van der Waals surface area (Å²) in [5.41, 5.74) is 8.94. The second kappa shape index (κ2) is 11.9. The number of aryl methyl sites for hydroxylation is 1. The molecular weight excluding hydrogens is 626 g/mol. The molecule has 2 bridgehead atoms. The van der Waals surface area contributed by atoms with Gasteiger partial charge in [0.1, 0.15) is 24.4 Å². The van der Waals surface area contributed by atoms with E-state index in [1.54, 1.807) is 16.4 Å². The van der Waals surface area contributed by atoms with Crippen LogP contribution in [0.1, 0.15) is 86.6 Å². The fourth-order valence-electron chi connectivity index (χ4n) is 9.51. The van der Waals surface area contributed by atoms with Crippen LogP contribution in [0, 0.1) is 18.3 Å². The van der Waals surface area contributed by atoms with Crippen molar-refractivity contribution < 1.29 is 19.4 Å². The van der Waals surface area contributed by atoms with Crippen LogP contribution in [0.2, 0.25) is 0 Å². The quantitative estimate of drug-likeness (QED) is 0.336. The highest BCUT2D eigenvalue weighted by Gasteiger charge is 2.72. The summed E-state index contributed by atoms with van der Waals surface area (Å²) in [7, 11) is 0. The summed E-state index contributed by atoms with van der Waals surface area (Å²) >= 11 is 0. The molecular formula is C35H45N9O5. The highest BCUT2D eigenvalue weighted by molar-refractivity contribution is 5.95. The lowest BCUT2D eigenvalue weighted by Crippen LogP contribution is -2.75. The summed E-state index contributed by atoms with van der Waals surface area (Å²) in [5, 5.41) is 22.8. The first-order valence-electron chi connectivity index (χ1n) is 17.8. The molecule has 6 fully saturated rings. The third-order valence-electron chi connectivity index (χ3n) is 11.9. The fraction of sp³-hybridized carbons (Fsp3) is 0.629. The number of amides is 2. The number of carbonyl (C=O) groups is 2. The monoisotopic (exact) mass is 671 g/mol. The number of fused-ring (bicyclic) bond motifs is 1. The zero-order valence-electron chi connectivity index (χ0n) is 28.3. The molecule has 9 rings (SSSR count). The Hall–Kier alpha value is -4.33. The number of hydrogen-bond donors (Lipinski definition) is 3. The van der Waals surface area contributed by atoms with Crippen molar-refractivity contribution >= 4 is 29.0 Å². The Morgan fingerprint density at radius 2 is 1.90 bits per heavy atom. The Morgan fingerprint density at radius 1 is 1.12 bits per heavy atom. The summed E-state index contributed by atoms with van der Waals surface area (Å²) in [5.74, 6) is 0.270. The number of carbonyl (C=O) groups excluding carboxylic acids is 2. The van der Waals surface area contributed by atoms with Crippen molar-refractivity contribution in [3.63, 3.8) is 0 Å². The molecule has 4 N–H and O–H groups in total. The molecule has 0 aromatic carbocycles. The van der Waals surface area contributed by atoms with E-state index in [9.17, 15) is 19.5 Å². The molecule has 0 radical (unpaired) electrons. The van der Waals surface area contributed by atoms with Crippen LogP contribution in [-0.2, 0) is 22.5 Å². The van der Waals surface area contributed by atoms with Gasteiger partial charge in [0.25, 0.3) is 5.91 Å². The average Bonchev–Trinajstić information content (AvgIpc) is 3.79. The zero-order valence-corrected chi connectivity index (χ0v) is 28.3. The number of rotatable bonds is 9. The lowest BCUT2D eigenvalue weighted by Gasteiger charge is -2.71. The van der Waals surface area contributed by atoms with Gasteiger partial charge >= 0.3 is 0 Å². The first-order chi connectivity index (χ1) is 23.6. The van der Waals surface area contributed by atoms with E-state index in [1.165, 1.54) is 19.2 Å². The summed E-state index contributed by atoms with van der Waals surface area (Å²) < 4.78 is 7.16. The smallest absolute Gasteiger partial charge is 0.276 e. The predicted octanol–water partition coefficient (Wildman–Crippen LogP) is 3.52. The van der Waals surface area contributed by atoms with Crippen LogP contribution in [0.15, 0.2) is 33.1 Å². The van der Waals surface area contributed by atoms with Gasteiger partial charge in [-0.25, -0.2) is 9.97 Å². The number of ether oxygens (including phenoxy) is 1. The molecule has 14 heteroatoms. The molecule has 260 valence electrons. The van der Waals surface area contributed by atoms with Gasteiger partial charge in [0.15, 0.2) is 17.1 Å². The van der Waals surface area contributed by atoms with E-state index < -0.39 is 0 Å². The first-order valence-corrected chi connectivity index (χ1v) is 17.8. The summed E-state index contributed by atoms with van der Waals surface area (Å²) in [6.45, 7) is 5.22. The van der Waals surface area contributed by atoms with E-state index >= 15 is 0 Å². The van der Waals surface area contributed by atoms with Crippen molar-refractivity contribution in [3.05, 3.63) is 45.4 Å². The normalized spacial score (nSPS) is 28.9. The average molecular weight is 672 g/mol. The van der Waals surface area contributed by atoms with Gasteiger partial charge in [0.2, 0.25) is 11.3 Å². The van der Waals surface area contributed by atoms with Crippen LogP contribution in [-0.4, -0.2) is 80.3 Å². The molecule has 2 aliphatic heterocycles. The van der Waals surface area contributed by atoms with Gasteiger partial charge in [0.05, 0.1) is 30.6 Å². The van der Waals surface area contributed by atoms with Crippen molar-refractivity contribution in [1.29, 1.82) is 0 Å². The minimum absolute atomic E-state index is 0.0139. The molecule has 2 amide bonds. The number of nitrogens with one attached hydrogen (secondary N) is 1. The van der Waals surface area contributed by atoms with Crippen molar-refractivity contribution in [2.45, 2.75) is 102 Å². The number of nitrogens with two attached hydrogens (primary N) is 1. The molecule has 4 heterocycles. The fourth-order valence-corrected chi connectivity index (χ4v) is 9.51. The number of piperazine rings is 1. The van der Waals surface area contributed by atoms with E-state index in [4.69, 9.17) is 10.5 Å². The number of nitrogen functional groups attached to an aromatic ring is 1. The number of anilines is 2. The Bertz CT molecular complexity index is 1810. The van der Waals surface area contributed by atoms with E-state index in [-0.39, 0.29) is 64.4 Å². The van der Waals surface area contributed by atoms with Gasteiger partial charge in [-0.05, 0) is 82.1 Å². The maximum absolute atomic E-state index is 14.5. The van der Waals surface area contributed by atoms with Gasteiger partial charge in [-0.1, -0.05) is 6.92 Å². The lowest BCUT2D eigenvalue weighted by molar-refractivity contribution is -0.176. The van der Waals surface area contributed by atoms with Crippen LogP contribution in [0.25, 0.3) is 0 Å². The highest BCUT2D eigenvalue weighted by Crippen LogP contribution is 2.75. The molecule has 49 heavy (non-hydrogen) atoms. The maximum Gasteiger partial charge on any atom is 0.276 e. The predicted molar refractivity (Wildman–Crippen MR) is 181 cm³/mol. The number of nitrogens with zero attached hydrogens (tertiary/aromatic N) is 7. The van der Waals surface area contributed by atoms with Crippen LogP contribution >= 0.6 is 0 Å². The third kappa shape index (κ3) is 5.29. The number of hydrogen-bond acceptors (Lipinski definition) is 11. The molecule has 2 aromatic rings. The maximum atomic E-state index is 14.5. The third-order valence-corrected chi connectivity index (χ3v) is 11.9. The van der Waals surface area contributed by atoms with E-state index in [2.05, 4.69) is 30.4 Å². The topological polar surface area (TPSA) is 181 Å². The second-order valence-electron chi connectivity index (χ2n) is 14.9. The van der Waals surface area contributed by atoms with Crippen molar-refractivity contribution in [3.8, 4) is 5.75 Å². The number of azo groups is 1. The van der Waals surface area contributed by atoms with Gasteiger partial charge in [-0.15, -0.1) is 5.11 Å². The van der Waals surface area contributed by atoms with Gasteiger partial charge in [-0.3, -0.25) is 14.4 Å². The molecule has 5 aliphatic carbocycles. The standard InChI is InChI=1S/C35H45N9O5/c1-3-23-29(42-11-12-43(25-6-4-5-24(25)42)33(48)28-30(46)20(2)37-19-38-28)31(47)27(41-40-22-9-13-49-14-10-22)32(36)44(23)15-26(45)39-35-16-34(17-35,18-35)21-7-8-21/h9,19,21,24-25,46H,3-8,10-18,36H2,1-2H3,(H,39,45)/t24-,25-,34?,35?/m0/s1. The minimum atomic E-state index is -0.349. The van der Waals surface area contributed by atoms with E-state index in [0.29, 0.717) is 61.6 Å². The number of pyridine rings is 1. The molecule has 2 aromatic heterocycles. The number of aromatic nitrogens is 3. The Morgan fingerprint density at radius 3 is 2.61 bits per heavy atom. The Labute approximate surface area is 284 Å². The largest absolute Gasteiger partial charge is 0.504 e. The highest BCUT2D eigenvalue weighted by atomic mass is 16.5. The van der Waals surface area contributed by atoms with Crippen LogP contribution < -0.4 is 21.4 Å². The summed E-state index contributed by atoms with van der Waals surface area (Å²) in [6, 6.07) is -0.357. The minimum Gasteiger partial charge on any atom is -0.504 e. The van der Waals surface area contributed by atoms with Crippen molar-refractivity contribution in [2.24, 2.45) is 21.6 Å². The second-order valence-corrected chi connectivity index (χ2v) is 14.9. The molecule has 0 unspecified atom stereocenters. The molecule has 2 atom stereocenters. The van der Waals surface area contributed by atoms with Gasteiger partial charge in [0, 0.05) is 36.8 Å².